The van der Waals surface area contributed by atoms with E-state index in [0.717, 1.165) is 9.37 Å². The summed E-state index contributed by atoms with van der Waals surface area (Å²) >= 11 is 8.53. The van der Waals surface area contributed by atoms with E-state index in [9.17, 15) is 0 Å². The highest BCUT2D eigenvalue weighted by Gasteiger charge is 2.09. The Morgan fingerprint density at radius 2 is 2.33 bits per heavy atom. The zero-order chi connectivity index (χ0) is 10.7. The fraction of sp³-hybridized carbons (Fsp3) is 0.125. The van der Waals surface area contributed by atoms with Gasteiger partial charge in [-0.15, -0.1) is 11.3 Å². The van der Waals surface area contributed by atoms with E-state index in [4.69, 9.17) is 16.7 Å². The minimum Gasteiger partial charge on any atom is -0.391 e. The molecule has 0 spiro atoms. The number of thiazole rings is 1. The van der Waals surface area contributed by atoms with Crippen LogP contribution in [0.3, 0.4) is 0 Å². The molecule has 0 fully saturated rings. The lowest BCUT2D eigenvalue weighted by Crippen LogP contribution is -1.79. The van der Waals surface area contributed by atoms with E-state index in [1.165, 1.54) is 23.1 Å². The van der Waals surface area contributed by atoms with E-state index in [1.54, 1.807) is 18.6 Å². The minimum atomic E-state index is -0.0858. The largest absolute Gasteiger partial charge is 0.391 e. The van der Waals surface area contributed by atoms with Gasteiger partial charge in [-0.2, -0.15) is 0 Å². The molecule has 0 amide bonds. The van der Waals surface area contributed by atoms with Crippen molar-refractivity contribution in [2.24, 2.45) is 0 Å². The van der Waals surface area contributed by atoms with Gasteiger partial charge in [0, 0.05) is 12.4 Å². The summed E-state index contributed by atoms with van der Waals surface area (Å²) in [7, 11) is 0. The fourth-order valence-electron chi connectivity index (χ4n) is 0.882. The van der Waals surface area contributed by atoms with Crippen molar-refractivity contribution in [3.8, 4) is 0 Å². The molecule has 15 heavy (non-hydrogen) atoms. The highest BCUT2D eigenvalue weighted by atomic mass is 35.5. The van der Waals surface area contributed by atoms with Crippen LogP contribution in [0.5, 0.6) is 0 Å². The molecule has 2 aromatic heterocycles. The normalized spacial score (nSPS) is 10.5. The van der Waals surface area contributed by atoms with E-state index in [2.05, 4.69) is 15.0 Å². The van der Waals surface area contributed by atoms with Crippen LogP contribution in [-0.4, -0.2) is 20.1 Å². The summed E-state index contributed by atoms with van der Waals surface area (Å²) in [6, 6.07) is 0. The second-order valence-corrected chi connectivity index (χ2v) is 5.21. The lowest BCUT2D eigenvalue weighted by atomic mass is 10.6. The third-order valence-electron chi connectivity index (χ3n) is 1.51. The Bertz CT molecular complexity index is 448. The van der Waals surface area contributed by atoms with Crippen LogP contribution in [0.2, 0.25) is 5.15 Å². The predicted molar refractivity (Wildman–Crippen MR) is 59.2 cm³/mol. The first-order valence-electron chi connectivity index (χ1n) is 3.99. The van der Waals surface area contributed by atoms with E-state index in [0.29, 0.717) is 10.0 Å². The summed E-state index contributed by atoms with van der Waals surface area (Å²) in [5.74, 6) is 0. The first-order valence-corrected chi connectivity index (χ1v) is 6.00. The molecule has 4 nitrogen and oxygen atoms in total. The van der Waals surface area contributed by atoms with Crippen LogP contribution in [0, 0.1) is 0 Å². The molecule has 0 aliphatic rings. The maximum Gasteiger partial charge on any atom is 0.158 e. The highest BCUT2D eigenvalue weighted by molar-refractivity contribution is 8.01. The zero-order valence-corrected chi connectivity index (χ0v) is 9.81. The van der Waals surface area contributed by atoms with Crippen LogP contribution in [0.4, 0.5) is 0 Å². The maximum absolute atomic E-state index is 8.95. The molecule has 78 valence electrons. The highest BCUT2D eigenvalue weighted by Crippen LogP contribution is 2.33. The topological polar surface area (TPSA) is 58.9 Å². The van der Waals surface area contributed by atoms with Crippen molar-refractivity contribution in [2.75, 3.05) is 0 Å². The molecule has 2 aromatic rings. The van der Waals surface area contributed by atoms with Gasteiger partial charge in [0.2, 0.25) is 0 Å². The quantitative estimate of drug-likeness (QED) is 0.916. The molecule has 7 heteroatoms. The molecule has 2 rings (SSSR count). The molecule has 0 saturated heterocycles. The Kier molecular flexibility index (Phi) is 3.53. The number of halogens is 1. The number of aliphatic hydroxyl groups is 1. The van der Waals surface area contributed by atoms with Gasteiger partial charge in [0.25, 0.3) is 0 Å². The first-order chi connectivity index (χ1) is 7.29. The number of aliphatic hydroxyl groups excluding tert-OH is 1. The molecule has 0 atom stereocenters. The van der Waals surface area contributed by atoms with Crippen molar-refractivity contribution >= 4 is 34.7 Å². The Labute approximate surface area is 99.4 Å². The number of hydrogen-bond acceptors (Lipinski definition) is 6. The summed E-state index contributed by atoms with van der Waals surface area (Å²) in [4.78, 5) is 12.8. The molecule has 0 unspecified atom stereocenters. The molecule has 0 aliphatic heterocycles. The lowest BCUT2D eigenvalue weighted by molar-refractivity contribution is 0.285. The lowest BCUT2D eigenvalue weighted by Gasteiger charge is -1.92. The van der Waals surface area contributed by atoms with Gasteiger partial charge in [-0.1, -0.05) is 11.6 Å². The van der Waals surface area contributed by atoms with Gasteiger partial charge >= 0.3 is 0 Å². The van der Waals surface area contributed by atoms with Crippen LogP contribution in [0.15, 0.2) is 28.0 Å². The smallest absolute Gasteiger partial charge is 0.158 e. The second kappa shape index (κ2) is 4.89. The third kappa shape index (κ3) is 2.66. The van der Waals surface area contributed by atoms with Crippen molar-refractivity contribution in [2.45, 2.75) is 16.0 Å². The Balaban J connectivity index is 2.18. The second-order valence-electron chi connectivity index (χ2n) is 2.50. The van der Waals surface area contributed by atoms with E-state index >= 15 is 0 Å². The maximum atomic E-state index is 8.95. The minimum absolute atomic E-state index is 0.0858. The standard InChI is InChI=1S/C8H6ClN3OS2/c9-7-5(4-13)14-8(12-7)15-6-3-10-1-2-11-6/h1-3,13H,4H2. The average Bonchev–Trinajstić information content (AvgIpc) is 2.60. The van der Waals surface area contributed by atoms with Gasteiger partial charge in [-0.3, -0.25) is 4.98 Å². The number of aromatic nitrogens is 3. The molecular weight excluding hydrogens is 254 g/mol. The molecular formula is C8H6ClN3OS2. The van der Waals surface area contributed by atoms with Crippen LogP contribution in [0.25, 0.3) is 0 Å². The van der Waals surface area contributed by atoms with Crippen molar-refractivity contribution in [3.05, 3.63) is 28.6 Å². The van der Waals surface area contributed by atoms with Gasteiger partial charge < -0.3 is 5.11 Å². The Morgan fingerprint density at radius 3 is 2.93 bits per heavy atom. The fourth-order valence-corrected chi connectivity index (χ4v) is 3.05. The van der Waals surface area contributed by atoms with Crippen LogP contribution < -0.4 is 0 Å². The molecule has 0 aliphatic carbocycles. The molecule has 1 N–H and O–H groups in total. The van der Waals surface area contributed by atoms with Crippen LogP contribution >= 0.6 is 34.7 Å². The zero-order valence-electron chi connectivity index (χ0n) is 7.42. The molecule has 0 saturated carbocycles. The van der Waals surface area contributed by atoms with E-state index < -0.39 is 0 Å². The summed E-state index contributed by atoms with van der Waals surface area (Å²) < 4.78 is 0.754. The van der Waals surface area contributed by atoms with Crippen molar-refractivity contribution < 1.29 is 5.11 Å². The van der Waals surface area contributed by atoms with Gasteiger partial charge in [0.1, 0.15) is 10.2 Å². The monoisotopic (exact) mass is 259 g/mol. The van der Waals surface area contributed by atoms with E-state index in [1.807, 2.05) is 0 Å². The van der Waals surface area contributed by atoms with Crippen molar-refractivity contribution in [3.63, 3.8) is 0 Å². The SMILES string of the molecule is OCc1sc(Sc2cnccn2)nc1Cl. The number of hydrogen-bond donors (Lipinski definition) is 1. The summed E-state index contributed by atoms with van der Waals surface area (Å²) in [5.41, 5.74) is 0. The Morgan fingerprint density at radius 1 is 1.47 bits per heavy atom. The number of nitrogens with zero attached hydrogens (tertiary/aromatic N) is 3. The van der Waals surface area contributed by atoms with Crippen molar-refractivity contribution in [1.82, 2.24) is 15.0 Å². The summed E-state index contributed by atoms with van der Waals surface area (Å²) in [6.45, 7) is -0.0858. The first kappa shape index (κ1) is 10.8. The molecule has 0 bridgehead atoms. The molecule has 0 aromatic carbocycles. The Hall–Kier alpha value is -0.690. The van der Waals surface area contributed by atoms with Crippen molar-refractivity contribution in [1.29, 1.82) is 0 Å². The molecule has 2 heterocycles. The predicted octanol–water partition coefficient (Wildman–Crippen LogP) is 2.23. The van der Waals surface area contributed by atoms with Gasteiger partial charge in [-0.05, 0) is 11.8 Å². The van der Waals surface area contributed by atoms with Gasteiger partial charge in [-0.25, -0.2) is 9.97 Å². The van der Waals surface area contributed by atoms with Gasteiger partial charge in [0.15, 0.2) is 4.34 Å². The third-order valence-corrected chi connectivity index (χ3v) is 3.95. The van der Waals surface area contributed by atoms with Crippen LogP contribution in [-0.2, 0) is 6.61 Å². The molecule has 0 radical (unpaired) electrons. The summed E-state index contributed by atoms with van der Waals surface area (Å²) in [5, 5.41) is 10.1. The van der Waals surface area contributed by atoms with E-state index in [-0.39, 0.29) is 6.61 Å². The van der Waals surface area contributed by atoms with Gasteiger partial charge in [0.05, 0.1) is 17.7 Å². The van der Waals surface area contributed by atoms with Crippen LogP contribution in [0.1, 0.15) is 4.88 Å². The number of rotatable bonds is 3. The average molecular weight is 260 g/mol. The summed E-state index contributed by atoms with van der Waals surface area (Å²) in [6.07, 6.45) is 4.88.